The first kappa shape index (κ1) is 14.2. The highest BCUT2D eigenvalue weighted by Gasteiger charge is 2.28. The zero-order valence-electron chi connectivity index (χ0n) is 11.3. The fourth-order valence-electron chi connectivity index (χ4n) is 2.34. The lowest BCUT2D eigenvalue weighted by Gasteiger charge is -2.33. The standard InChI is InChI=1S/C14H18N2O4/c1-15(11-3-2-4-12(17)9-11)14(20)16-7-5-10(6-8-16)13(18)19/h2-4,9-10,17H,5-8H2,1H3,(H,18,19). The maximum atomic E-state index is 12.3. The number of piperidine rings is 1. The van der Waals surface area contributed by atoms with Crippen molar-refractivity contribution in [3.8, 4) is 5.75 Å². The number of anilines is 1. The quantitative estimate of drug-likeness (QED) is 0.863. The number of aromatic hydroxyl groups is 1. The number of carbonyl (C=O) groups is 2. The molecule has 0 bridgehead atoms. The summed E-state index contributed by atoms with van der Waals surface area (Å²) in [7, 11) is 1.64. The Hall–Kier alpha value is -2.24. The molecule has 0 spiro atoms. The summed E-state index contributed by atoms with van der Waals surface area (Å²) in [6.45, 7) is 0.887. The van der Waals surface area contributed by atoms with Crippen LogP contribution in [0.2, 0.25) is 0 Å². The zero-order chi connectivity index (χ0) is 14.7. The summed E-state index contributed by atoms with van der Waals surface area (Å²) in [6, 6.07) is 6.29. The first-order chi connectivity index (χ1) is 9.49. The van der Waals surface area contributed by atoms with E-state index in [1.807, 2.05) is 0 Å². The van der Waals surface area contributed by atoms with Crippen LogP contribution >= 0.6 is 0 Å². The fourth-order valence-corrected chi connectivity index (χ4v) is 2.34. The van der Waals surface area contributed by atoms with E-state index in [4.69, 9.17) is 5.11 Å². The summed E-state index contributed by atoms with van der Waals surface area (Å²) in [6.07, 6.45) is 0.962. The SMILES string of the molecule is CN(C(=O)N1CCC(C(=O)O)CC1)c1cccc(O)c1. The van der Waals surface area contributed by atoms with Crippen molar-refractivity contribution in [3.05, 3.63) is 24.3 Å². The molecule has 1 aromatic carbocycles. The average molecular weight is 278 g/mol. The van der Waals surface area contributed by atoms with Gasteiger partial charge in [0, 0.05) is 31.9 Å². The van der Waals surface area contributed by atoms with Gasteiger partial charge in [0.1, 0.15) is 5.75 Å². The second-order valence-electron chi connectivity index (χ2n) is 4.96. The van der Waals surface area contributed by atoms with Gasteiger partial charge in [0.25, 0.3) is 0 Å². The second-order valence-corrected chi connectivity index (χ2v) is 4.96. The summed E-state index contributed by atoms with van der Waals surface area (Å²) in [5.74, 6) is -1.05. The Morgan fingerprint density at radius 2 is 1.95 bits per heavy atom. The van der Waals surface area contributed by atoms with E-state index in [-0.39, 0.29) is 17.7 Å². The lowest BCUT2D eigenvalue weighted by molar-refractivity contribution is -0.143. The maximum absolute atomic E-state index is 12.3. The highest BCUT2D eigenvalue weighted by molar-refractivity contribution is 5.91. The van der Waals surface area contributed by atoms with E-state index in [1.54, 1.807) is 30.1 Å². The lowest BCUT2D eigenvalue weighted by Crippen LogP contribution is -2.46. The predicted molar refractivity (Wildman–Crippen MR) is 73.8 cm³/mol. The van der Waals surface area contributed by atoms with Crippen LogP contribution in [0.3, 0.4) is 0 Å². The number of phenols is 1. The number of urea groups is 1. The van der Waals surface area contributed by atoms with Gasteiger partial charge in [0.2, 0.25) is 0 Å². The minimum Gasteiger partial charge on any atom is -0.508 e. The van der Waals surface area contributed by atoms with Crippen LogP contribution in [0.5, 0.6) is 5.75 Å². The number of carboxylic acid groups (broad SMARTS) is 1. The summed E-state index contributed by atoms with van der Waals surface area (Å²) >= 11 is 0. The molecule has 1 heterocycles. The molecule has 1 aliphatic heterocycles. The van der Waals surface area contributed by atoms with E-state index in [0.29, 0.717) is 31.6 Å². The van der Waals surface area contributed by atoms with Gasteiger partial charge in [-0.2, -0.15) is 0 Å². The largest absolute Gasteiger partial charge is 0.508 e. The molecule has 1 saturated heterocycles. The summed E-state index contributed by atoms with van der Waals surface area (Å²) in [5, 5.41) is 18.4. The molecule has 0 radical (unpaired) electrons. The number of likely N-dealkylation sites (tertiary alicyclic amines) is 1. The van der Waals surface area contributed by atoms with Crippen molar-refractivity contribution in [2.24, 2.45) is 5.92 Å². The molecule has 20 heavy (non-hydrogen) atoms. The van der Waals surface area contributed by atoms with Crippen LogP contribution in [0, 0.1) is 5.92 Å². The van der Waals surface area contributed by atoms with Gasteiger partial charge in [-0.05, 0) is 25.0 Å². The number of hydrogen-bond acceptors (Lipinski definition) is 3. The first-order valence-electron chi connectivity index (χ1n) is 6.53. The highest BCUT2D eigenvalue weighted by atomic mass is 16.4. The van der Waals surface area contributed by atoms with Crippen molar-refractivity contribution in [2.75, 3.05) is 25.0 Å². The number of amides is 2. The van der Waals surface area contributed by atoms with Crippen molar-refractivity contribution in [2.45, 2.75) is 12.8 Å². The van der Waals surface area contributed by atoms with Crippen LogP contribution in [0.15, 0.2) is 24.3 Å². The molecule has 108 valence electrons. The topological polar surface area (TPSA) is 81.1 Å². The number of hydrogen-bond donors (Lipinski definition) is 2. The molecule has 2 amide bonds. The Morgan fingerprint density at radius 1 is 1.30 bits per heavy atom. The molecule has 6 heteroatoms. The Balaban J connectivity index is 2.00. The third-order valence-electron chi connectivity index (χ3n) is 3.62. The van der Waals surface area contributed by atoms with E-state index < -0.39 is 5.97 Å². The molecule has 0 aromatic heterocycles. The number of rotatable bonds is 2. The van der Waals surface area contributed by atoms with Crippen molar-refractivity contribution in [3.63, 3.8) is 0 Å². The van der Waals surface area contributed by atoms with Crippen LogP contribution in [-0.2, 0) is 4.79 Å². The van der Waals surface area contributed by atoms with Crippen LogP contribution in [-0.4, -0.2) is 47.3 Å². The number of benzene rings is 1. The van der Waals surface area contributed by atoms with Crippen molar-refractivity contribution in [1.82, 2.24) is 4.90 Å². The van der Waals surface area contributed by atoms with Crippen molar-refractivity contribution < 1.29 is 19.8 Å². The smallest absolute Gasteiger partial charge is 0.324 e. The van der Waals surface area contributed by atoms with Crippen LogP contribution in [0.4, 0.5) is 10.5 Å². The second kappa shape index (κ2) is 5.81. The van der Waals surface area contributed by atoms with Crippen LogP contribution < -0.4 is 4.90 Å². The van der Waals surface area contributed by atoms with Gasteiger partial charge in [0.15, 0.2) is 0 Å². The monoisotopic (exact) mass is 278 g/mol. The average Bonchev–Trinajstić information content (AvgIpc) is 2.46. The van der Waals surface area contributed by atoms with Gasteiger partial charge in [-0.1, -0.05) is 6.07 Å². The van der Waals surface area contributed by atoms with Crippen molar-refractivity contribution >= 4 is 17.7 Å². The number of nitrogens with zero attached hydrogens (tertiary/aromatic N) is 2. The molecule has 0 saturated carbocycles. The lowest BCUT2D eigenvalue weighted by atomic mass is 9.97. The Kier molecular flexibility index (Phi) is 4.12. The van der Waals surface area contributed by atoms with Gasteiger partial charge in [0.05, 0.1) is 5.92 Å². The highest BCUT2D eigenvalue weighted by Crippen LogP contribution is 2.22. The van der Waals surface area contributed by atoms with Crippen LogP contribution in [0.25, 0.3) is 0 Å². The fraction of sp³-hybridized carbons (Fsp3) is 0.429. The van der Waals surface area contributed by atoms with E-state index in [2.05, 4.69) is 0 Å². The molecule has 0 unspecified atom stereocenters. The van der Waals surface area contributed by atoms with Gasteiger partial charge < -0.3 is 15.1 Å². The normalized spacial score (nSPS) is 15.9. The zero-order valence-corrected chi connectivity index (χ0v) is 11.3. The minimum atomic E-state index is -0.793. The summed E-state index contributed by atoms with van der Waals surface area (Å²) < 4.78 is 0. The molecule has 0 atom stereocenters. The van der Waals surface area contributed by atoms with Gasteiger partial charge >= 0.3 is 12.0 Å². The number of aliphatic carboxylic acids is 1. The molecule has 1 aromatic rings. The van der Waals surface area contributed by atoms with Gasteiger partial charge in [-0.25, -0.2) is 4.79 Å². The van der Waals surface area contributed by atoms with Crippen molar-refractivity contribution in [1.29, 1.82) is 0 Å². The third-order valence-corrected chi connectivity index (χ3v) is 3.62. The van der Waals surface area contributed by atoms with Gasteiger partial charge in [-0.15, -0.1) is 0 Å². The van der Waals surface area contributed by atoms with Gasteiger partial charge in [-0.3, -0.25) is 9.69 Å². The minimum absolute atomic E-state index is 0.103. The molecular weight excluding hydrogens is 260 g/mol. The first-order valence-corrected chi connectivity index (χ1v) is 6.53. The Morgan fingerprint density at radius 3 is 2.50 bits per heavy atom. The third kappa shape index (κ3) is 3.01. The number of carboxylic acids is 1. The number of carbonyl (C=O) groups excluding carboxylic acids is 1. The molecule has 2 N–H and O–H groups in total. The van der Waals surface area contributed by atoms with E-state index in [9.17, 15) is 14.7 Å². The Labute approximate surface area is 117 Å². The van der Waals surface area contributed by atoms with E-state index in [1.165, 1.54) is 11.0 Å². The number of phenolic OH excluding ortho intramolecular Hbond substituents is 1. The maximum Gasteiger partial charge on any atom is 0.324 e. The molecular formula is C14H18N2O4. The van der Waals surface area contributed by atoms with E-state index >= 15 is 0 Å². The molecule has 0 aliphatic carbocycles. The Bertz CT molecular complexity index is 510. The van der Waals surface area contributed by atoms with Crippen LogP contribution in [0.1, 0.15) is 12.8 Å². The summed E-state index contributed by atoms with van der Waals surface area (Å²) in [4.78, 5) is 26.3. The molecule has 6 nitrogen and oxygen atoms in total. The molecule has 1 fully saturated rings. The molecule has 2 rings (SSSR count). The van der Waals surface area contributed by atoms with E-state index in [0.717, 1.165) is 0 Å². The summed E-state index contributed by atoms with van der Waals surface area (Å²) in [5.41, 5.74) is 0.607. The predicted octanol–water partition coefficient (Wildman–Crippen LogP) is 1.75. The molecule has 1 aliphatic rings.